The molecule has 4 nitrogen and oxygen atoms in total. The highest BCUT2D eigenvalue weighted by Crippen LogP contribution is 2.32. The van der Waals surface area contributed by atoms with Gasteiger partial charge in [-0.15, -0.1) is 0 Å². The van der Waals surface area contributed by atoms with Crippen molar-refractivity contribution < 1.29 is 4.79 Å². The Bertz CT molecular complexity index is 657. The van der Waals surface area contributed by atoms with Gasteiger partial charge in [0.1, 0.15) is 0 Å². The van der Waals surface area contributed by atoms with Gasteiger partial charge in [0.05, 0.1) is 16.2 Å². The fourth-order valence-corrected chi connectivity index (χ4v) is 2.52. The van der Waals surface area contributed by atoms with E-state index in [1.54, 1.807) is 6.20 Å². The molecule has 1 unspecified atom stereocenters. The van der Waals surface area contributed by atoms with Gasteiger partial charge < -0.3 is 10.6 Å². The van der Waals surface area contributed by atoms with E-state index in [-0.39, 0.29) is 11.8 Å². The Morgan fingerprint density at radius 3 is 2.95 bits per heavy atom. The van der Waals surface area contributed by atoms with E-state index in [2.05, 4.69) is 15.6 Å². The van der Waals surface area contributed by atoms with Crippen LogP contribution in [0.15, 0.2) is 24.4 Å². The smallest absolute Gasteiger partial charge is 0.228 e. The summed E-state index contributed by atoms with van der Waals surface area (Å²) in [6.45, 7) is 7.35. The van der Waals surface area contributed by atoms with Gasteiger partial charge >= 0.3 is 0 Å². The van der Waals surface area contributed by atoms with Crippen LogP contribution in [0.2, 0.25) is 5.02 Å². The number of pyridine rings is 1. The summed E-state index contributed by atoms with van der Waals surface area (Å²) in [5, 5.41) is 7.51. The third-order valence-corrected chi connectivity index (χ3v) is 3.73. The first-order valence-electron chi connectivity index (χ1n) is 7.10. The Labute approximate surface area is 129 Å². The van der Waals surface area contributed by atoms with Crippen LogP contribution >= 0.6 is 11.6 Å². The summed E-state index contributed by atoms with van der Waals surface area (Å²) in [5.74, 6) is -0.180. The largest absolute Gasteiger partial charge is 0.324 e. The van der Waals surface area contributed by atoms with Crippen LogP contribution in [0.25, 0.3) is 10.9 Å². The number of aromatic nitrogens is 1. The molecule has 1 aromatic heterocycles. The van der Waals surface area contributed by atoms with Crippen LogP contribution in [-0.2, 0) is 4.79 Å². The number of aryl methyl sites for hydroxylation is 1. The SMILES string of the molecule is CCNCC(C)C(=O)Nc1c(Cl)cc(C)c2ncccc12. The molecule has 1 aromatic carbocycles. The van der Waals surface area contributed by atoms with Crippen LogP contribution in [-0.4, -0.2) is 24.0 Å². The Morgan fingerprint density at radius 1 is 1.48 bits per heavy atom. The molecule has 1 atom stereocenters. The van der Waals surface area contributed by atoms with Crippen molar-refractivity contribution in [2.45, 2.75) is 20.8 Å². The molecule has 0 saturated carbocycles. The summed E-state index contributed by atoms with van der Waals surface area (Å²) in [6.07, 6.45) is 1.74. The topological polar surface area (TPSA) is 54.0 Å². The van der Waals surface area contributed by atoms with E-state index in [0.717, 1.165) is 23.0 Å². The fourth-order valence-electron chi connectivity index (χ4n) is 2.21. The lowest BCUT2D eigenvalue weighted by Crippen LogP contribution is -2.30. The number of halogens is 1. The van der Waals surface area contributed by atoms with Crippen LogP contribution in [0.3, 0.4) is 0 Å². The minimum atomic E-state index is -0.131. The molecule has 2 aromatic rings. The molecule has 1 amide bonds. The fraction of sp³-hybridized carbons (Fsp3) is 0.375. The summed E-state index contributed by atoms with van der Waals surface area (Å²) >= 11 is 6.30. The Kier molecular flexibility index (Phi) is 5.15. The van der Waals surface area contributed by atoms with Gasteiger partial charge in [0.25, 0.3) is 0 Å². The first kappa shape index (κ1) is 15.7. The maximum Gasteiger partial charge on any atom is 0.228 e. The number of rotatable bonds is 5. The quantitative estimate of drug-likeness (QED) is 0.890. The average molecular weight is 306 g/mol. The third-order valence-electron chi connectivity index (χ3n) is 3.43. The lowest BCUT2D eigenvalue weighted by atomic mass is 10.1. The maximum atomic E-state index is 12.3. The predicted molar refractivity (Wildman–Crippen MR) is 87.8 cm³/mol. The van der Waals surface area contributed by atoms with Gasteiger partial charge in [-0.2, -0.15) is 0 Å². The van der Waals surface area contributed by atoms with E-state index in [4.69, 9.17) is 11.6 Å². The lowest BCUT2D eigenvalue weighted by Gasteiger charge is -2.16. The molecule has 21 heavy (non-hydrogen) atoms. The number of nitrogens with one attached hydrogen (secondary N) is 2. The number of anilines is 1. The highest BCUT2D eigenvalue weighted by atomic mass is 35.5. The van der Waals surface area contributed by atoms with Crippen molar-refractivity contribution >= 4 is 34.1 Å². The molecule has 1 heterocycles. The summed E-state index contributed by atoms with van der Waals surface area (Å²) in [7, 11) is 0. The third kappa shape index (κ3) is 3.52. The molecule has 0 aliphatic rings. The van der Waals surface area contributed by atoms with E-state index in [1.807, 2.05) is 39.0 Å². The minimum Gasteiger partial charge on any atom is -0.324 e. The molecule has 2 N–H and O–H groups in total. The lowest BCUT2D eigenvalue weighted by molar-refractivity contribution is -0.119. The number of hydrogen-bond donors (Lipinski definition) is 2. The van der Waals surface area contributed by atoms with E-state index in [1.165, 1.54) is 0 Å². The molecule has 0 bridgehead atoms. The van der Waals surface area contributed by atoms with E-state index < -0.39 is 0 Å². The monoisotopic (exact) mass is 305 g/mol. The molecular weight excluding hydrogens is 286 g/mol. The van der Waals surface area contributed by atoms with Crippen LogP contribution < -0.4 is 10.6 Å². The second kappa shape index (κ2) is 6.87. The van der Waals surface area contributed by atoms with Crippen molar-refractivity contribution in [3.8, 4) is 0 Å². The Hall–Kier alpha value is -1.65. The van der Waals surface area contributed by atoms with Gasteiger partial charge in [-0.1, -0.05) is 25.4 Å². The van der Waals surface area contributed by atoms with Gasteiger partial charge in [0.15, 0.2) is 0 Å². The van der Waals surface area contributed by atoms with Crippen LogP contribution in [0, 0.1) is 12.8 Å². The molecular formula is C16H20ClN3O. The predicted octanol–water partition coefficient (Wildman–Crippen LogP) is 3.38. The molecule has 0 aliphatic heterocycles. The van der Waals surface area contributed by atoms with Crippen LogP contribution in [0.5, 0.6) is 0 Å². The van der Waals surface area contributed by atoms with Crippen molar-refractivity contribution in [1.82, 2.24) is 10.3 Å². The maximum absolute atomic E-state index is 12.3. The van der Waals surface area contributed by atoms with Gasteiger partial charge in [-0.25, -0.2) is 0 Å². The zero-order valence-corrected chi connectivity index (χ0v) is 13.3. The molecule has 0 radical (unpaired) electrons. The van der Waals surface area contributed by atoms with Crippen LogP contribution in [0.1, 0.15) is 19.4 Å². The van der Waals surface area contributed by atoms with Crippen molar-refractivity contribution in [3.63, 3.8) is 0 Å². The molecule has 0 fully saturated rings. The molecule has 0 spiro atoms. The molecule has 112 valence electrons. The van der Waals surface area contributed by atoms with Crippen molar-refractivity contribution in [3.05, 3.63) is 35.0 Å². The summed E-state index contributed by atoms with van der Waals surface area (Å²) in [4.78, 5) is 16.6. The molecule has 5 heteroatoms. The second-order valence-corrected chi connectivity index (χ2v) is 5.56. The van der Waals surface area contributed by atoms with Crippen LogP contribution in [0.4, 0.5) is 5.69 Å². The zero-order valence-electron chi connectivity index (χ0n) is 12.5. The highest BCUT2D eigenvalue weighted by molar-refractivity contribution is 6.35. The van der Waals surface area contributed by atoms with Gasteiger partial charge in [0, 0.05) is 24.0 Å². The summed E-state index contributed by atoms with van der Waals surface area (Å²) < 4.78 is 0. The molecule has 0 saturated heterocycles. The number of hydrogen-bond acceptors (Lipinski definition) is 3. The summed E-state index contributed by atoms with van der Waals surface area (Å²) in [5.41, 5.74) is 2.49. The second-order valence-electron chi connectivity index (χ2n) is 5.15. The zero-order chi connectivity index (χ0) is 15.4. The van der Waals surface area contributed by atoms with E-state index >= 15 is 0 Å². The van der Waals surface area contributed by atoms with Gasteiger partial charge in [-0.05, 0) is 37.2 Å². The number of carbonyl (C=O) groups excluding carboxylic acids is 1. The number of fused-ring (bicyclic) bond motifs is 1. The minimum absolute atomic E-state index is 0.0492. The van der Waals surface area contributed by atoms with Gasteiger partial charge in [-0.3, -0.25) is 9.78 Å². The first-order chi connectivity index (χ1) is 10.0. The molecule has 0 aliphatic carbocycles. The highest BCUT2D eigenvalue weighted by Gasteiger charge is 2.16. The van der Waals surface area contributed by atoms with Crippen molar-refractivity contribution in [2.24, 2.45) is 5.92 Å². The standard InChI is InChI=1S/C16H20ClN3O/c1-4-18-9-11(3)16(21)20-15-12-6-5-7-19-14(12)10(2)8-13(15)17/h5-8,11,18H,4,9H2,1-3H3,(H,20,21). The average Bonchev–Trinajstić information content (AvgIpc) is 2.48. The molecule has 2 rings (SSSR count). The Balaban J connectivity index is 2.32. The number of benzene rings is 1. The first-order valence-corrected chi connectivity index (χ1v) is 7.47. The van der Waals surface area contributed by atoms with Gasteiger partial charge in [0.2, 0.25) is 5.91 Å². The number of nitrogens with zero attached hydrogens (tertiary/aromatic N) is 1. The van der Waals surface area contributed by atoms with E-state index in [0.29, 0.717) is 17.3 Å². The Morgan fingerprint density at radius 2 is 2.24 bits per heavy atom. The number of amides is 1. The normalized spacial score (nSPS) is 12.4. The van der Waals surface area contributed by atoms with Crippen molar-refractivity contribution in [2.75, 3.05) is 18.4 Å². The summed E-state index contributed by atoms with van der Waals surface area (Å²) in [6, 6.07) is 5.60. The van der Waals surface area contributed by atoms with E-state index in [9.17, 15) is 4.79 Å². The number of carbonyl (C=O) groups is 1. The van der Waals surface area contributed by atoms with Crippen molar-refractivity contribution in [1.29, 1.82) is 0 Å².